The van der Waals surface area contributed by atoms with E-state index in [-0.39, 0.29) is 5.41 Å². The Morgan fingerprint density at radius 2 is 1.11 bits per heavy atom. The van der Waals surface area contributed by atoms with Crippen LogP contribution in [0.25, 0.3) is 60.5 Å². The van der Waals surface area contributed by atoms with E-state index < -0.39 is 0 Å². The molecule has 2 heterocycles. The zero-order valence-electron chi connectivity index (χ0n) is 21.6. The lowest BCUT2D eigenvalue weighted by Crippen LogP contribution is -2.26. The van der Waals surface area contributed by atoms with E-state index in [1.807, 2.05) is 0 Å². The molecule has 8 rings (SSSR count). The van der Waals surface area contributed by atoms with E-state index in [2.05, 4.69) is 146 Å². The van der Waals surface area contributed by atoms with E-state index >= 15 is 0 Å². The van der Waals surface area contributed by atoms with Gasteiger partial charge in [-0.1, -0.05) is 111 Å². The smallest absolute Gasteiger partial charge is 0.0582 e. The van der Waals surface area contributed by atoms with Crippen molar-refractivity contribution in [3.63, 3.8) is 0 Å². The fourth-order valence-corrected chi connectivity index (χ4v) is 6.58. The summed E-state index contributed by atoms with van der Waals surface area (Å²) in [5.74, 6) is 0. The van der Waals surface area contributed by atoms with Gasteiger partial charge < -0.3 is 4.57 Å². The van der Waals surface area contributed by atoms with Crippen LogP contribution in [-0.4, -0.2) is 4.57 Å². The highest BCUT2D eigenvalue weighted by Crippen LogP contribution is 2.47. The van der Waals surface area contributed by atoms with Crippen molar-refractivity contribution >= 4 is 32.6 Å². The van der Waals surface area contributed by atoms with Crippen LogP contribution in [0, 0.1) is 0 Å². The molecule has 7 aromatic rings. The third kappa shape index (κ3) is 2.93. The molecule has 180 valence electrons. The first-order valence-corrected chi connectivity index (χ1v) is 13.4. The number of fused-ring (bicyclic) bond motifs is 6. The number of nitrogens with zero attached hydrogens (tertiary/aromatic N) is 1. The fraction of sp³-hybridized carbons (Fsp3) is 0.0811. The largest absolute Gasteiger partial charge is 0.309 e. The molecule has 0 unspecified atom stereocenters. The third-order valence-corrected chi connectivity index (χ3v) is 8.56. The lowest BCUT2D eigenvalue weighted by Gasteiger charge is -2.34. The van der Waals surface area contributed by atoms with Crippen molar-refractivity contribution in [2.24, 2.45) is 0 Å². The summed E-state index contributed by atoms with van der Waals surface area (Å²) in [4.78, 5) is 0. The SMILES string of the molecule is CC1(C)c2ccccc2-n2c3ccc(-c4ccc5cc(-c6ccccc6)ccc5c4)cc3c3cccc1c32. The minimum absolute atomic E-state index is 0.0414. The summed E-state index contributed by atoms with van der Waals surface area (Å²) in [6, 6.07) is 46.9. The van der Waals surface area contributed by atoms with Gasteiger partial charge in [0.15, 0.2) is 0 Å². The van der Waals surface area contributed by atoms with Gasteiger partial charge in [0.2, 0.25) is 0 Å². The van der Waals surface area contributed by atoms with Crippen LogP contribution in [0.1, 0.15) is 25.0 Å². The first-order chi connectivity index (χ1) is 18.6. The van der Waals surface area contributed by atoms with Crippen LogP contribution in [0.15, 0.2) is 127 Å². The van der Waals surface area contributed by atoms with Crippen LogP contribution in [-0.2, 0) is 5.41 Å². The van der Waals surface area contributed by atoms with Crippen LogP contribution in [0.5, 0.6) is 0 Å². The van der Waals surface area contributed by atoms with Crippen molar-refractivity contribution in [2.45, 2.75) is 19.3 Å². The first kappa shape index (κ1) is 21.5. The number of hydrogen-bond donors (Lipinski definition) is 0. The topological polar surface area (TPSA) is 4.93 Å². The summed E-state index contributed by atoms with van der Waals surface area (Å²) >= 11 is 0. The zero-order valence-corrected chi connectivity index (χ0v) is 21.6. The fourth-order valence-electron chi connectivity index (χ4n) is 6.58. The second kappa shape index (κ2) is 7.69. The Kier molecular flexibility index (Phi) is 4.35. The molecule has 0 radical (unpaired) electrons. The molecule has 0 atom stereocenters. The molecule has 1 nitrogen and oxygen atoms in total. The van der Waals surface area contributed by atoms with Crippen molar-refractivity contribution in [3.8, 4) is 27.9 Å². The number of aromatic nitrogens is 1. The van der Waals surface area contributed by atoms with Gasteiger partial charge in [-0.15, -0.1) is 0 Å². The highest BCUT2D eigenvalue weighted by molar-refractivity contribution is 6.12. The molecular weight excluding hydrogens is 458 g/mol. The lowest BCUT2D eigenvalue weighted by atomic mass is 9.75. The van der Waals surface area contributed by atoms with Gasteiger partial charge in [0.25, 0.3) is 0 Å². The molecule has 0 bridgehead atoms. The van der Waals surface area contributed by atoms with E-state index in [1.54, 1.807) is 0 Å². The lowest BCUT2D eigenvalue weighted by molar-refractivity contribution is 0.630. The van der Waals surface area contributed by atoms with Crippen LogP contribution in [0.4, 0.5) is 0 Å². The van der Waals surface area contributed by atoms with Gasteiger partial charge in [0, 0.05) is 16.2 Å². The maximum Gasteiger partial charge on any atom is 0.0582 e. The van der Waals surface area contributed by atoms with Crippen LogP contribution in [0.2, 0.25) is 0 Å². The molecule has 0 spiro atoms. The molecule has 1 heteroatoms. The second-order valence-electron chi connectivity index (χ2n) is 11.1. The van der Waals surface area contributed by atoms with Crippen LogP contribution in [0.3, 0.4) is 0 Å². The number of hydrogen-bond acceptors (Lipinski definition) is 0. The van der Waals surface area contributed by atoms with Gasteiger partial charge in [0.05, 0.1) is 16.7 Å². The molecule has 0 fully saturated rings. The standard InChI is InChI=1S/C37H27N/c1-37(2)32-12-6-7-14-35(32)38-34-20-19-29(23-31(34)30-11-8-13-33(37)36(30)38)28-18-17-26-21-25(15-16-27(26)22-28)24-9-4-3-5-10-24/h3-23H,1-2H3. The third-order valence-electron chi connectivity index (χ3n) is 8.56. The molecule has 1 aliphatic heterocycles. The van der Waals surface area contributed by atoms with Crippen molar-refractivity contribution in [3.05, 3.63) is 139 Å². The van der Waals surface area contributed by atoms with Gasteiger partial charge in [-0.25, -0.2) is 0 Å². The Balaban J connectivity index is 1.31. The van der Waals surface area contributed by atoms with E-state index in [0.29, 0.717) is 0 Å². The van der Waals surface area contributed by atoms with E-state index in [0.717, 1.165) is 0 Å². The first-order valence-electron chi connectivity index (χ1n) is 13.4. The molecule has 0 N–H and O–H groups in total. The normalized spacial score (nSPS) is 13.7. The van der Waals surface area contributed by atoms with Gasteiger partial charge >= 0.3 is 0 Å². The molecule has 1 aromatic heterocycles. The summed E-state index contributed by atoms with van der Waals surface area (Å²) in [5, 5.41) is 5.17. The summed E-state index contributed by atoms with van der Waals surface area (Å²) in [5.41, 5.74) is 11.7. The van der Waals surface area contributed by atoms with Gasteiger partial charge in [-0.05, 0) is 74.5 Å². The Morgan fingerprint density at radius 3 is 1.89 bits per heavy atom. The minimum atomic E-state index is -0.0414. The summed E-state index contributed by atoms with van der Waals surface area (Å²) in [6.45, 7) is 4.71. The Labute approximate surface area is 222 Å². The average molecular weight is 486 g/mol. The molecule has 38 heavy (non-hydrogen) atoms. The van der Waals surface area contributed by atoms with Crippen molar-refractivity contribution < 1.29 is 0 Å². The number of benzene rings is 6. The number of rotatable bonds is 2. The molecule has 6 aromatic carbocycles. The molecule has 0 aliphatic carbocycles. The molecular formula is C37H27N. The quantitative estimate of drug-likeness (QED) is 0.230. The molecule has 1 aliphatic rings. The van der Waals surface area contributed by atoms with Crippen LogP contribution >= 0.6 is 0 Å². The number of para-hydroxylation sites is 2. The maximum absolute atomic E-state index is 2.48. The Hall–Kier alpha value is -4.62. The highest BCUT2D eigenvalue weighted by atomic mass is 15.0. The predicted molar refractivity (Wildman–Crippen MR) is 161 cm³/mol. The van der Waals surface area contributed by atoms with E-state index in [9.17, 15) is 0 Å². The monoisotopic (exact) mass is 485 g/mol. The van der Waals surface area contributed by atoms with E-state index in [4.69, 9.17) is 0 Å². The van der Waals surface area contributed by atoms with Crippen LogP contribution < -0.4 is 0 Å². The minimum Gasteiger partial charge on any atom is -0.309 e. The summed E-state index contributed by atoms with van der Waals surface area (Å²) in [7, 11) is 0. The highest BCUT2D eigenvalue weighted by Gasteiger charge is 2.34. The average Bonchev–Trinajstić information content (AvgIpc) is 3.30. The van der Waals surface area contributed by atoms with Crippen molar-refractivity contribution in [1.82, 2.24) is 4.57 Å². The molecule has 0 amide bonds. The Morgan fingerprint density at radius 1 is 0.474 bits per heavy atom. The van der Waals surface area contributed by atoms with Gasteiger partial charge in [0.1, 0.15) is 0 Å². The van der Waals surface area contributed by atoms with E-state index in [1.165, 1.54) is 71.6 Å². The summed E-state index contributed by atoms with van der Waals surface area (Å²) < 4.78 is 2.48. The van der Waals surface area contributed by atoms with Gasteiger partial charge in [-0.2, -0.15) is 0 Å². The maximum atomic E-state index is 2.48. The van der Waals surface area contributed by atoms with Gasteiger partial charge in [-0.3, -0.25) is 0 Å². The molecule has 0 saturated heterocycles. The van der Waals surface area contributed by atoms with Crippen molar-refractivity contribution in [2.75, 3.05) is 0 Å². The second-order valence-corrected chi connectivity index (χ2v) is 11.1. The Bertz CT molecular complexity index is 2040. The predicted octanol–water partition coefficient (Wildman–Crippen LogP) is 9.91. The summed E-state index contributed by atoms with van der Waals surface area (Å²) in [6.07, 6.45) is 0. The molecule has 0 saturated carbocycles. The van der Waals surface area contributed by atoms with Crippen molar-refractivity contribution in [1.29, 1.82) is 0 Å². The zero-order chi connectivity index (χ0) is 25.4.